The van der Waals surface area contributed by atoms with E-state index in [1.54, 1.807) is 0 Å². The Bertz CT molecular complexity index is 679. The van der Waals surface area contributed by atoms with Gasteiger partial charge in [0.05, 0.1) is 6.61 Å². The van der Waals surface area contributed by atoms with Gasteiger partial charge in [-0.3, -0.25) is 9.59 Å². The number of hydrogen-bond acceptors (Lipinski definition) is 4. The summed E-state index contributed by atoms with van der Waals surface area (Å²) in [5, 5.41) is 0. The van der Waals surface area contributed by atoms with Crippen LogP contribution >= 0.6 is 0 Å². The first-order valence-electron chi connectivity index (χ1n) is 11.1. The van der Waals surface area contributed by atoms with Crippen LogP contribution in [0.25, 0.3) is 0 Å². The average molecular weight is 372 g/mol. The van der Waals surface area contributed by atoms with Gasteiger partial charge in [0.15, 0.2) is 5.78 Å². The lowest BCUT2D eigenvalue weighted by atomic mass is 9.44. The Morgan fingerprint density at radius 3 is 2.59 bits per heavy atom. The van der Waals surface area contributed by atoms with E-state index >= 15 is 0 Å². The van der Waals surface area contributed by atoms with Crippen LogP contribution in [0.4, 0.5) is 0 Å². The highest BCUT2D eigenvalue weighted by atomic mass is 16.6. The quantitative estimate of drug-likeness (QED) is 0.602. The minimum Gasteiger partial charge on any atom is -0.404 e. The summed E-state index contributed by atoms with van der Waals surface area (Å²) in [7, 11) is -0.284. The molecule has 1 spiro atoms. The highest BCUT2D eigenvalue weighted by Crippen LogP contribution is 2.69. The van der Waals surface area contributed by atoms with Crippen molar-refractivity contribution in [3.05, 3.63) is 0 Å². The molecule has 0 aromatic heterocycles. The topological polar surface area (TPSA) is 52.6 Å². The lowest BCUT2D eigenvalue weighted by Gasteiger charge is -2.61. The molecule has 27 heavy (non-hydrogen) atoms. The second-order valence-electron chi connectivity index (χ2n) is 10.6. The number of ketones is 2. The summed E-state index contributed by atoms with van der Waals surface area (Å²) in [5.74, 6) is 3.21. The Morgan fingerprint density at radius 1 is 1.00 bits per heavy atom. The summed E-state index contributed by atoms with van der Waals surface area (Å²) in [6, 6.07) is 0. The molecule has 5 rings (SSSR count). The number of fused-ring (bicyclic) bond motifs is 6. The Hall–Kier alpha value is -0.675. The van der Waals surface area contributed by atoms with Crippen LogP contribution in [0.1, 0.15) is 71.6 Å². The van der Waals surface area contributed by atoms with Crippen LogP contribution in [0, 0.1) is 34.5 Å². The van der Waals surface area contributed by atoms with Gasteiger partial charge in [0, 0.05) is 18.3 Å². The molecular weight excluding hydrogens is 339 g/mol. The molecule has 0 bridgehead atoms. The molecule has 4 nitrogen and oxygen atoms in total. The Labute approximate surface area is 163 Å². The molecule has 1 saturated heterocycles. The van der Waals surface area contributed by atoms with E-state index in [-0.39, 0.29) is 24.9 Å². The molecule has 5 heteroatoms. The second kappa shape index (κ2) is 5.92. The van der Waals surface area contributed by atoms with Crippen molar-refractivity contribution in [3.63, 3.8) is 0 Å². The zero-order valence-electron chi connectivity index (χ0n) is 17.1. The predicted molar refractivity (Wildman–Crippen MR) is 103 cm³/mol. The van der Waals surface area contributed by atoms with Crippen molar-refractivity contribution in [2.75, 3.05) is 6.61 Å². The second-order valence-corrected chi connectivity index (χ2v) is 10.6. The van der Waals surface area contributed by atoms with Crippen molar-refractivity contribution in [2.24, 2.45) is 34.5 Å². The Kier molecular flexibility index (Phi) is 4.02. The van der Waals surface area contributed by atoms with E-state index < -0.39 is 5.60 Å². The van der Waals surface area contributed by atoms with Crippen LogP contribution in [0.3, 0.4) is 0 Å². The molecule has 5 fully saturated rings. The molecule has 4 aliphatic carbocycles. The number of hydrogen-bond donors (Lipinski definition) is 0. The third kappa shape index (κ3) is 2.30. The Morgan fingerprint density at radius 2 is 1.78 bits per heavy atom. The van der Waals surface area contributed by atoms with Gasteiger partial charge in [-0.15, -0.1) is 0 Å². The van der Waals surface area contributed by atoms with Crippen LogP contribution in [-0.2, 0) is 18.9 Å². The fourth-order valence-corrected chi connectivity index (χ4v) is 8.39. The van der Waals surface area contributed by atoms with E-state index in [1.807, 2.05) is 6.82 Å². The number of carbonyl (C=O) groups excluding carboxylic acids is 2. The molecule has 1 heterocycles. The van der Waals surface area contributed by atoms with Gasteiger partial charge in [-0.2, -0.15) is 0 Å². The molecule has 5 aliphatic rings. The van der Waals surface area contributed by atoms with Crippen LogP contribution in [0.15, 0.2) is 0 Å². The van der Waals surface area contributed by atoms with Gasteiger partial charge in [0.25, 0.3) is 0 Å². The molecule has 0 aromatic carbocycles. The van der Waals surface area contributed by atoms with Crippen LogP contribution in [0.5, 0.6) is 0 Å². The summed E-state index contributed by atoms with van der Waals surface area (Å²) in [6.45, 7) is 6.96. The van der Waals surface area contributed by atoms with E-state index in [9.17, 15) is 9.59 Å². The molecule has 0 N–H and O–H groups in total. The number of Topliss-reactive ketones (excluding diaryl/α,β-unsaturated/α-hetero) is 2. The molecular formula is C22H33BO4. The van der Waals surface area contributed by atoms with Gasteiger partial charge in [-0.05, 0) is 80.9 Å². The maximum atomic E-state index is 13.0. The smallest absolute Gasteiger partial charge is 0.404 e. The summed E-state index contributed by atoms with van der Waals surface area (Å²) in [4.78, 5) is 25.1. The first-order valence-corrected chi connectivity index (χ1v) is 11.1. The largest absolute Gasteiger partial charge is 0.454 e. The monoisotopic (exact) mass is 372 g/mol. The molecule has 4 saturated carbocycles. The van der Waals surface area contributed by atoms with Crippen molar-refractivity contribution < 1.29 is 18.9 Å². The lowest BCUT2D eigenvalue weighted by Crippen LogP contribution is -2.63. The number of carbonyl (C=O) groups is 2. The SMILES string of the molecule is CB1OCC(=O)[C@]2(CC[C@H]3[C@@H]4CC[C@@H]5CC(=O)CC[C@]5(C)[C@H]4CC[C@@]32C)O1. The Balaban J connectivity index is 1.47. The number of rotatable bonds is 0. The van der Waals surface area contributed by atoms with Gasteiger partial charge in [-0.25, -0.2) is 0 Å². The van der Waals surface area contributed by atoms with Crippen molar-refractivity contribution in [1.29, 1.82) is 0 Å². The standard InChI is InChI=1S/C22H33BO4/c1-20-9-6-15(24)12-14(20)4-5-16-17(20)7-10-21(2)18(16)8-11-22(21)19(25)13-26-23(3)27-22/h14,16-18H,4-13H2,1-3H3/t14-,16-,17+,18+,20+,21+,22+/m1/s1. The molecule has 148 valence electrons. The molecule has 0 aromatic rings. The zero-order valence-corrected chi connectivity index (χ0v) is 17.1. The average Bonchev–Trinajstić information content (AvgIpc) is 2.92. The van der Waals surface area contributed by atoms with E-state index in [4.69, 9.17) is 9.31 Å². The van der Waals surface area contributed by atoms with Crippen molar-refractivity contribution in [3.8, 4) is 0 Å². The van der Waals surface area contributed by atoms with Gasteiger partial charge in [-0.1, -0.05) is 13.8 Å². The minimum atomic E-state index is -0.624. The minimum absolute atomic E-state index is 0.0586. The lowest BCUT2D eigenvalue weighted by molar-refractivity contribution is -0.176. The predicted octanol–water partition coefficient (Wildman–Crippen LogP) is 4.07. The third-order valence-electron chi connectivity index (χ3n) is 9.87. The summed E-state index contributed by atoms with van der Waals surface area (Å²) in [5.41, 5.74) is -0.362. The van der Waals surface area contributed by atoms with E-state index in [2.05, 4.69) is 13.8 Å². The summed E-state index contributed by atoms with van der Waals surface area (Å²) < 4.78 is 11.8. The van der Waals surface area contributed by atoms with E-state index in [0.29, 0.717) is 34.9 Å². The first kappa shape index (κ1) is 18.4. The van der Waals surface area contributed by atoms with Crippen molar-refractivity contribution in [2.45, 2.75) is 84.1 Å². The van der Waals surface area contributed by atoms with Crippen LogP contribution < -0.4 is 0 Å². The highest BCUT2D eigenvalue weighted by molar-refractivity contribution is 6.44. The van der Waals surface area contributed by atoms with Gasteiger partial charge >= 0.3 is 7.12 Å². The molecule has 0 unspecified atom stereocenters. The maximum absolute atomic E-state index is 13.0. The molecule has 1 aliphatic heterocycles. The summed E-state index contributed by atoms with van der Waals surface area (Å²) in [6.07, 6.45) is 9.32. The third-order valence-corrected chi connectivity index (χ3v) is 9.87. The van der Waals surface area contributed by atoms with Gasteiger partial charge in [0.2, 0.25) is 0 Å². The van der Waals surface area contributed by atoms with Crippen LogP contribution in [-0.4, -0.2) is 30.9 Å². The molecule has 0 amide bonds. The fourth-order valence-electron chi connectivity index (χ4n) is 8.39. The van der Waals surface area contributed by atoms with E-state index in [0.717, 1.165) is 38.5 Å². The first-order chi connectivity index (χ1) is 12.8. The summed E-state index contributed by atoms with van der Waals surface area (Å²) >= 11 is 0. The highest BCUT2D eigenvalue weighted by Gasteiger charge is 2.68. The van der Waals surface area contributed by atoms with Gasteiger partial charge < -0.3 is 9.31 Å². The fraction of sp³-hybridized carbons (Fsp3) is 0.909. The zero-order chi connectivity index (χ0) is 19.0. The molecule has 0 radical (unpaired) electrons. The van der Waals surface area contributed by atoms with E-state index in [1.165, 1.54) is 19.3 Å². The van der Waals surface area contributed by atoms with Crippen molar-refractivity contribution in [1.82, 2.24) is 0 Å². The van der Waals surface area contributed by atoms with Crippen LogP contribution in [0.2, 0.25) is 6.82 Å². The van der Waals surface area contributed by atoms with Crippen molar-refractivity contribution >= 4 is 18.7 Å². The normalized spacial score (nSPS) is 52.5. The van der Waals surface area contributed by atoms with Gasteiger partial charge in [0.1, 0.15) is 11.4 Å². The molecule has 7 atom stereocenters. The maximum Gasteiger partial charge on any atom is 0.454 e.